The van der Waals surface area contributed by atoms with Crippen LogP contribution >= 0.6 is 0 Å². The zero-order valence-corrected chi connectivity index (χ0v) is 10.9. The van der Waals surface area contributed by atoms with E-state index >= 15 is 0 Å². The van der Waals surface area contributed by atoms with E-state index in [9.17, 15) is 4.79 Å². The minimum atomic E-state index is -0.160. The van der Waals surface area contributed by atoms with Crippen LogP contribution in [0, 0.1) is 0 Å². The van der Waals surface area contributed by atoms with Gasteiger partial charge in [0.15, 0.2) is 11.5 Å². The third-order valence-corrected chi connectivity index (χ3v) is 2.92. The summed E-state index contributed by atoms with van der Waals surface area (Å²) in [6, 6.07) is 7.35. The first-order valence-corrected chi connectivity index (χ1v) is 5.83. The van der Waals surface area contributed by atoms with Gasteiger partial charge in [0.25, 0.3) is 5.56 Å². The van der Waals surface area contributed by atoms with Gasteiger partial charge < -0.3 is 20.2 Å². The molecule has 0 spiro atoms. The fourth-order valence-corrected chi connectivity index (χ4v) is 1.86. The average Bonchev–Trinajstić information content (AvgIpc) is 2.47. The van der Waals surface area contributed by atoms with E-state index in [1.165, 1.54) is 0 Å². The number of ether oxygens (including phenoxy) is 2. The number of nitrogens with one attached hydrogen (secondary N) is 1. The number of aromatic amines is 1. The first-order chi connectivity index (χ1) is 9.19. The highest BCUT2D eigenvalue weighted by atomic mass is 16.5. The molecule has 0 radical (unpaired) electrons. The minimum absolute atomic E-state index is 0.160. The summed E-state index contributed by atoms with van der Waals surface area (Å²) in [6.07, 6.45) is 1.66. The van der Waals surface area contributed by atoms with Gasteiger partial charge in [0.05, 0.1) is 14.2 Å². The molecule has 0 fully saturated rings. The van der Waals surface area contributed by atoms with Gasteiger partial charge in [0.2, 0.25) is 0 Å². The first kappa shape index (κ1) is 13.2. The molecule has 19 heavy (non-hydrogen) atoms. The van der Waals surface area contributed by atoms with Crippen molar-refractivity contribution in [2.75, 3.05) is 14.2 Å². The number of rotatable bonds is 4. The van der Waals surface area contributed by atoms with Crippen LogP contribution in [-0.2, 0) is 6.54 Å². The van der Waals surface area contributed by atoms with Crippen molar-refractivity contribution in [1.82, 2.24) is 4.98 Å². The third kappa shape index (κ3) is 2.61. The number of H-pyrrole nitrogens is 1. The Hall–Kier alpha value is -2.27. The number of aromatic nitrogens is 1. The number of pyridine rings is 1. The standard InChI is InChI=1S/C14H16N2O3/c1-18-12-4-3-9(6-13(12)19-2)11-5-10(7-15)14(17)16-8-11/h3-6,8H,7,15H2,1-2H3,(H,16,17). The van der Waals surface area contributed by atoms with Crippen LogP contribution in [0.5, 0.6) is 11.5 Å². The zero-order chi connectivity index (χ0) is 13.8. The molecule has 2 rings (SSSR count). The summed E-state index contributed by atoms with van der Waals surface area (Å²) >= 11 is 0. The molecule has 0 unspecified atom stereocenters. The molecule has 2 aromatic rings. The maximum absolute atomic E-state index is 11.5. The van der Waals surface area contributed by atoms with Gasteiger partial charge in [-0.1, -0.05) is 6.07 Å². The summed E-state index contributed by atoms with van der Waals surface area (Å²) < 4.78 is 10.4. The van der Waals surface area contributed by atoms with Crippen LogP contribution < -0.4 is 20.8 Å². The van der Waals surface area contributed by atoms with Gasteiger partial charge in [-0.2, -0.15) is 0 Å². The molecule has 1 aromatic heterocycles. The van der Waals surface area contributed by atoms with Gasteiger partial charge >= 0.3 is 0 Å². The fourth-order valence-electron chi connectivity index (χ4n) is 1.86. The third-order valence-electron chi connectivity index (χ3n) is 2.92. The molecule has 3 N–H and O–H groups in total. The molecule has 0 aliphatic rings. The maximum atomic E-state index is 11.5. The Balaban J connectivity index is 2.50. The highest BCUT2D eigenvalue weighted by Crippen LogP contribution is 2.31. The summed E-state index contributed by atoms with van der Waals surface area (Å²) in [5.74, 6) is 1.30. The predicted molar refractivity (Wildman–Crippen MR) is 73.5 cm³/mol. The predicted octanol–water partition coefficient (Wildman–Crippen LogP) is 1.52. The van der Waals surface area contributed by atoms with Crippen molar-refractivity contribution in [1.29, 1.82) is 0 Å². The minimum Gasteiger partial charge on any atom is -0.493 e. The van der Waals surface area contributed by atoms with Crippen molar-refractivity contribution in [2.45, 2.75) is 6.54 Å². The normalized spacial score (nSPS) is 10.3. The molecule has 0 atom stereocenters. The lowest BCUT2D eigenvalue weighted by Crippen LogP contribution is -2.15. The lowest BCUT2D eigenvalue weighted by molar-refractivity contribution is 0.355. The van der Waals surface area contributed by atoms with Crippen LogP contribution in [0.2, 0.25) is 0 Å². The van der Waals surface area contributed by atoms with Crippen LogP contribution in [-0.4, -0.2) is 19.2 Å². The molecule has 0 aliphatic heterocycles. The highest BCUT2D eigenvalue weighted by Gasteiger charge is 2.07. The van der Waals surface area contributed by atoms with Crippen molar-refractivity contribution >= 4 is 0 Å². The SMILES string of the molecule is COc1ccc(-c2c[nH]c(=O)c(CN)c2)cc1OC. The quantitative estimate of drug-likeness (QED) is 0.873. The van der Waals surface area contributed by atoms with Crippen LogP contribution in [0.25, 0.3) is 11.1 Å². The Kier molecular flexibility index (Phi) is 3.87. The van der Waals surface area contributed by atoms with E-state index in [0.29, 0.717) is 17.1 Å². The molecule has 0 bridgehead atoms. The van der Waals surface area contributed by atoms with Crippen molar-refractivity contribution in [3.8, 4) is 22.6 Å². The Bertz CT molecular complexity index is 635. The van der Waals surface area contributed by atoms with Crippen molar-refractivity contribution in [3.05, 3.63) is 46.4 Å². The Morgan fingerprint density at radius 1 is 1.11 bits per heavy atom. The highest BCUT2D eigenvalue weighted by molar-refractivity contribution is 5.67. The molecule has 100 valence electrons. The molecular weight excluding hydrogens is 244 g/mol. The molecule has 5 nitrogen and oxygen atoms in total. The van der Waals surface area contributed by atoms with Gasteiger partial charge in [0, 0.05) is 18.3 Å². The van der Waals surface area contributed by atoms with Crippen LogP contribution in [0.3, 0.4) is 0 Å². The number of methoxy groups -OCH3 is 2. The molecular formula is C14H16N2O3. The van der Waals surface area contributed by atoms with Crippen molar-refractivity contribution in [3.63, 3.8) is 0 Å². The van der Waals surface area contributed by atoms with Gasteiger partial charge in [-0.3, -0.25) is 4.79 Å². The van der Waals surface area contributed by atoms with Gasteiger partial charge in [0.1, 0.15) is 0 Å². The van der Waals surface area contributed by atoms with E-state index in [4.69, 9.17) is 15.2 Å². The van der Waals surface area contributed by atoms with Gasteiger partial charge in [-0.25, -0.2) is 0 Å². The second kappa shape index (κ2) is 5.58. The number of benzene rings is 1. The maximum Gasteiger partial charge on any atom is 0.252 e. The summed E-state index contributed by atoms with van der Waals surface area (Å²) in [5.41, 5.74) is 7.72. The van der Waals surface area contributed by atoms with Crippen molar-refractivity contribution < 1.29 is 9.47 Å². The Labute approximate surface area is 111 Å². The topological polar surface area (TPSA) is 77.3 Å². The van der Waals surface area contributed by atoms with E-state index in [2.05, 4.69) is 4.98 Å². The first-order valence-electron chi connectivity index (χ1n) is 5.83. The van der Waals surface area contributed by atoms with Gasteiger partial charge in [-0.05, 0) is 29.3 Å². The monoisotopic (exact) mass is 260 g/mol. The Morgan fingerprint density at radius 3 is 2.47 bits per heavy atom. The molecule has 0 amide bonds. The Morgan fingerprint density at radius 2 is 1.84 bits per heavy atom. The molecule has 1 heterocycles. The molecule has 5 heteroatoms. The molecule has 0 saturated heterocycles. The molecule has 1 aromatic carbocycles. The van der Waals surface area contributed by atoms with E-state index in [0.717, 1.165) is 11.1 Å². The smallest absolute Gasteiger partial charge is 0.252 e. The number of hydrogen-bond donors (Lipinski definition) is 2. The summed E-state index contributed by atoms with van der Waals surface area (Å²) in [5, 5.41) is 0. The van der Waals surface area contributed by atoms with Crippen LogP contribution in [0.4, 0.5) is 0 Å². The number of nitrogens with two attached hydrogens (primary N) is 1. The fraction of sp³-hybridized carbons (Fsp3) is 0.214. The number of hydrogen-bond acceptors (Lipinski definition) is 4. The largest absolute Gasteiger partial charge is 0.493 e. The van der Waals surface area contributed by atoms with Crippen LogP contribution in [0.15, 0.2) is 35.3 Å². The van der Waals surface area contributed by atoms with E-state index in [1.54, 1.807) is 26.5 Å². The van der Waals surface area contributed by atoms with Gasteiger partial charge in [-0.15, -0.1) is 0 Å². The van der Waals surface area contributed by atoms with E-state index in [-0.39, 0.29) is 12.1 Å². The summed E-state index contributed by atoms with van der Waals surface area (Å²) in [7, 11) is 3.17. The van der Waals surface area contributed by atoms with E-state index < -0.39 is 0 Å². The van der Waals surface area contributed by atoms with E-state index in [1.807, 2.05) is 18.2 Å². The molecule has 0 aliphatic carbocycles. The molecule has 0 saturated carbocycles. The summed E-state index contributed by atoms with van der Waals surface area (Å²) in [4.78, 5) is 14.2. The van der Waals surface area contributed by atoms with Crippen LogP contribution in [0.1, 0.15) is 5.56 Å². The lowest BCUT2D eigenvalue weighted by atomic mass is 10.1. The average molecular weight is 260 g/mol. The lowest BCUT2D eigenvalue weighted by Gasteiger charge is -2.10. The van der Waals surface area contributed by atoms with Crippen molar-refractivity contribution in [2.24, 2.45) is 5.73 Å². The summed E-state index contributed by atoms with van der Waals surface area (Å²) in [6.45, 7) is 0.205. The second-order valence-corrected chi connectivity index (χ2v) is 4.02. The second-order valence-electron chi connectivity index (χ2n) is 4.02. The zero-order valence-electron chi connectivity index (χ0n) is 10.9.